The molecule has 7 nitrogen and oxygen atoms in total. The summed E-state index contributed by atoms with van der Waals surface area (Å²) in [6, 6.07) is 6.07. The molecule has 0 fully saturated rings. The van der Waals surface area contributed by atoms with Crippen LogP contribution in [0.15, 0.2) is 28.6 Å². The van der Waals surface area contributed by atoms with Crippen LogP contribution < -0.4 is 9.62 Å². The molecule has 2 rings (SSSR count). The van der Waals surface area contributed by atoms with Crippen LogP contribution in [-0.4, -0.2) is 43.1 Å². The molecule has 0 spiro atoms. The van der Waals surface area contributed by atoms with Gasteiger partial charge in [0, 0.05) is 0 Å². The highest BCUT2D eigenvalue weighted by Gasteiger charge is 2.29. The first-order valence-corrected chi connectivity index (χ1v) is 10.9. The molecule has 0 aliphatic heterocycles. The maximum absolute atomic E-state index is 12.5. The second-order valence-electron chi connectivity index (χ2n) is 5.14. The van der Waals surface area contributed by atoms with Crippen LogP contribution in [0.25, 0.3) is 0 Å². The van der Waals surface area contributed by atoms with E-state index in [-0.39, 0.29) is 0 Å². The highest BCUT2D eigenvalue weighted by Crippen LogP contribution is 2.25. The van der Waals surface area contributed by atoms with Crippen LogP contribution in [-0.2, 0) is 14.8 Å². The number of carbonyl (C=O) groups is 1. The number of carbonyl (C=O) groups excluding carboxylic acids is 1. The number of aryl methyl sites for hydroxylation is 1. The molecule has 1 heterocycles. The van der Waals surface area contributed by atoms with Crippen LogP contribution in [0.2, 0.25) is 0 Å². The number of aromatic nitrogens is 2. The van der Waals surface area contributed by atoms with Gasteiger partial charge in [-0.3, -0.25) is 14.4 Å². The van der Waals surface area contributed by atoms with E-state index in [0.29, 0.717) is 10.8 Å². The van der Waals surface area contributed by atoms with Crippen molar-refractivity contribution in [3.8, 4) is 0 Å². The topological polar surface area (TPSA) is 92.3 Å². The second-order valence-corrected chi connectivity index (χ2v) is 9.03. The summed E-state index contributed by atoms with van der Waals surface area (Å²) in [5.74, 6) is -0.467. The summed E-state index contributed by atoms with van der Waals surface area (Å²) in [7, 11) is -3.63. The Hall–Kier alpha value is -1.65. The molecule has 0 saturated heterocycles. The van der Waals surface area contributed by atoms with Crippen molar-refractivity contribution < 1.29 is 13.2 Å². The van der Waals surface area contributed by atoms with Gasteiger partial charge < -0.3 is 0 Å². The van der Waals surface area contributed by atoms with Crippen LogP contribution >= 0.6 is 23.1 Å². The number of anilines is 2. The molecular formula is C14H18N4O3S3. The number of rotatable bonds is 6. The van der Waals surface area contributed by atoms with Crippen molar-refractivity contribution in [3.05, 3.63) is 29.8 Å². The van der Waals surface area contributed by atoms with E-state index >= 15 is 0 Å². The van der Waals surface area contributed by atoms with Crippen molar-refractivity contribution in [2.24, 2.45) is 0 Å². The molecule has 1 N–H and O–H groups in total. The largest absolute Gasteiger partial charge is 0.299 e. The maximum Gasteiger partial charge on any atom is 0.249 e. The molecule has 1 aromatic heterocycles. The van der Waals surface area contributed by atoms with Gasteiger partial charge in [-0.25, -0.2) is 8.42 Å². The Morgan fingerprint density at radius 1 is 1.38 bits per heavy atom. The van der Waals surface area contributed by atoms with Crippen molar-refractivity contribution in [1.82, 2.24) is 10.2 Å². The lowest BCUT2D eigenvalue weighted by Crippen LogP contribution is -2.45. The van der Waals surface area contributed by atoms with Gasteiger partial charge in [-0.05, 0) is 37.8 Å². The molecule has 0 aliphatic carbocycles. The summed E-state index contributed by atoms with van der Waals surface area (Å²) in [6.07, 6.45) is 2.94. The Labute approximate surface area is 149 Å². The van der Waals surface area contributed by atoms with Crippen molar-refractivity contribution in [2.45, 2.75) is 24.2 Å². The Kier molecular flexibility index (Phi) is 5.83. The third-order valence-corrected chi connectivity index (χ3v) is 6.21. The van der Waals surface area contributed by atoms with Crippen LogP contribution in [0.4, 0.5) is 10.8 Å². The Morgan fingerprint density at radius 2 is 2.08 bits per heavy atom. The first-order chi connectivity index (χ1) is 11.2. The van der Waals surface area contributed by atoms with E-state index in [0.717, 1.165) is 20.5 Å². The molecule has 0 aliphatic rings. The Balaban J connectivity index is 2.27. The SMILES string of the molecule is CSc1nnc(NC(=O)[C@H](C)N(c2cccc(C)c2)S(C)(=O)=O)s1. The first-order valence-electron chi connectivity index (χ1n) is 6.97. The zero-order chi connectivity index (χ0) is 17.9. The molecule has 0 radical (unpaired) electrons. The van der Waals surface area contributed by atoms with Crippen LogP contribution in [0.1, 0.15) is 12.5 Å². The number of sulfonamides is 1. The van der Waals surface area contributed by atoms with Crippen LogP contribution in [0.3, 0.4) is 0 Å². The van der Waals surface area contributed by atoms with Gasteiger partial charge in [-0.2, -0.15) is 0 Å². The van der Waals surface area contributed by atoms with Gasteiger partial charge in [0.2, 0.25) is 21.1 Å². The summed E-state index contributed by atoms with van der Waals surface area (Å²) in [4.78, 5) is 12.5. The predicted molar refractivity (Wildman–Crippen MR) is 98.3 cm³/mol. The summed E-state index contributed by atoms with van der Waals surface area (Å²) in [6.45, 7) is 3.40. The highest BCUT2D eigenvalue weighted by molar-refractivity contribution is 8.00. The quantitative estimate of drug-likeness (QED) is 0.605. The summed E-state index contributed by atoms with van der Waals surface area (Å²) in [5.41, 5.74) is 1.35. The minimum atomic E-state index is -3.63. The number of thioether (sulfide) groups is 1. The van der Waals surface area contributed by atoms with E-state index < -0.39 is 22.0 Å². The van der Waals surface area contributed by atoms with Crippen molar-refractivity contribution in [1.29, 1.82) is 0 Å². The average molecular weight is 387 g/mol. The third kappa shape index (κ3) is 4.46. The summed E-state index contributed by atoms with van der Waals surface area (Å²) >= 11 is 2.66. The molecule has 1 aromatic carbocycles. The number of nitrogens with one attached hydrogen (secondary N) is 1. The molecule has 10 heteroatoms. The number of benzene rings is 1. The standard InChI is InChI=1S/C14H18N4O3S3/c1-9-6-5-7-11(8-9)18(24(4,20)21)10(2)12(19)15-13-16-17-14(22-3)23-13/h5-8,10H,1-4H3,(H,15,16,19)/t10-/m0/s1. The van der Waals surface area contributed by atoms with Crippen LogP contribution in [0.5, 0.6) is 0 Å². The summed E-state index contributed by atoms with van der Waals surface area (Å²) in [5, 5.41) is 10.7. The lowest BCUT2D eigenvalue weighted by atomic mass is 10.2. The molecule has 2 aromatic rings. The van der Waals surface area contributed by atoms with Gasteiger partial charge in [0.05, 0.1) is 11.9 Å². The summed E-state index contributed by atoms with van der Waals surface area (Å²) < 4.78 is 26.2. The fraction of sp³-hybridized carbons (Fsp3) is 0.357. The van der Waals surface area contributed by atoms with Crippen molar-refractivity contribution in [3.63, 3.8) is 0 Å². The molecule has 0 saturated carbocycles. The minimum Gasteiger partial charge on any atom is -0.299 e. The van der Waals surface area contributed by atoms with Crippen molar-refractivity contribution >= 4 is 49.8 Å². The minimum absolute atomic E-state index is 0.342. The zero-order valence-electron chi connectivity index (χ0n) is 13.7. The number of amides is 1. The molecule has 0 unspecified atom stereocenters. The van der Waals surface area contributed by atoms with Gasteiger partial charge in [0.25, 0.3) is 0 Å². The Bertz CT molecular complexity index is 835. The van der Waals surface area contributed by atoms with Crippen LogP contribution in [0, 0.1) is 6.92 Å². The molecular weight excluding hydrogens is 368 g/mol. The second kappa shape index (κ2) is 7.49. The first kappa shape index (κ1) is 18.7. The van der Waals surface area contributed by atoms with Gasteiger partial charge >= 0.3 is 0 Å². The van der Waals surface area contributed by atoms with E-state index in [1.165, 1.54) is 30.0 Å². The van der Waals surface area contributed by atoms with Gasteiger partial charge in [-0.1, -0.05) is 35.2 Å². The fourth-order valence-electron chi connectivity index (χ4n) is 2.13. The normalized spacial score (nSPS) is 12.7. The predicted octanol–water partition coefficient (Wildman–Crippen LogP) is 2.36. The molecule has 24 heavy (non-hydrogen) atoms. The smallest absolute Gasteiger partial charge is 0.249 e. The fourth-order valence-corrected chi connectivity index (χ4v) is 4.47. The molecule has 0 bridgehead atoms. The van der Waals surface area contributed by atoms with Gasteiger partial charge in [0.15, 0.2) is 4.34 Å². The molecule has 1 atom stereocenters. The third-order valence-electron chi connectivity index (χ3n) is 3.16. The number of hydrogen-bond acceptors (Lipinski definition) is 7. The zero-order valence-corrected chi connectivity index (χ0v) is 16.1. The maximum atomic E-state index is 12.5. The van der Waals surface area contributed by atoms with Gasteiger partial charge in [0.1, 0.15) is 6.04 Å². The van der Waals surface area contributed by atoms with E-state index in [2.05, 4.69) is 15.5 Å². The Morgan fingerprint density at radius 3 is 2.62 bits per heavy atom. The number of nitrogens with zero attached hydrogens (tertiary/aromatic N) is 3. The average Bonchev–Trinajstić information content (AvgIpc) is 2.93. The van der Waals surface area contributed by atoms with E-state index in [9.17, 15) is 13.2 Å². The molecule has 1 amide bonds. The lowest BCUT2D eigenvalue weighted by Gasteiger charge is -2.28. The number of hydrogen-bond donors (Lipinski definition) is 1. The lowest BCUT2D eigenvalue weighted by molar-refractivity contribution is -0.116. The van der Waals surface area contributed by atoms with E-state index in [1.807, 2.05) is 19.2 Å². The van der Waals surface area contributed by atoms with Gasteiger partial charge in [-0.15, -0.1) is 10.2 Å². The monoisotopic (exact) mass is 386 g/mol. The highest BCUT2D eigenvalue weighted by atomic mass is 32.2. The van der Waals surface area contributed by atoms with E-state index in [4.69, 9.17) is 0 Å². The van der Waals surface area contributed by atoms with E-state index in [1.54, 1.807) is 18.2 Å². The van der Waals surface area contributed by atoms with Crippen molar-refractivity contribution in [2.75, 3.05) is 22.1 Å². The molecule has 130 valence electrons.